The quantitative estimate of drug-likeness (QED) is 0.196. The SMILES string of the molecule is CC(=O)O[C@@H]1[C@@H](OC(C)=O)[C@H](O[C@H]2CC[C@@]3(C)[C@@H](CC[C@@H]4[C@@H]3CC[C@]3(C)[C@@H]5[C@H](C[C@@H]43)O[C@]3(CC[C@@H](C)CO3)[C@H]5C)C2)OC[C@H]1OC(C)=O. The summed E-state index contributed by atoms with van der Waals surface area (Å²) in [6.45, 7) is 14.5. The Morgan fingerprint density at radius 1 is 0.729 bits per heavy atom. The lowest BCUT2D eigenvalue weighted by molar-refractivity contribution is -0.297. The number of hydrogen-bond donors (Lipinski definition) is 0. The van der Waals surface area contributed by atoms with Gasteiger partial charge in [-0.15, -0.1) is 0 Å². The first-order chi connectivity index (χ1) is 22.7. The summed E-state index contributed by atoms with van der Waals surface area (Å²) in [5.74, 6) is 2.26. The van der Waals surface area contributed by atoms with E-state index in [0.717, 1.165) is 38.2 Å². The van der Waals surface area contributed by atoms with Crippen molar-refractivity contribution in [3.8, 4) is 0 Å². The lowest BCUT2D eigenvalue weighted by atomic mass is 9.44. The smallest absolute Gasteiger partial charge is 0.303 e. The molecular formula is C38H58O10. The Morgan fingerprint density at radius 2 is 1.44 bits per heavy atom. The van der Waals surface area contributed by atoms with Gasteiger partial charge in [0.1, 0.15) is 0 Å². The molecule has 10 heteroatoms. The second-order valence-electron chi connectivity index (χ2n) is 17.2. The highest BCUT2D eigenvalue weighted by atomic mass is 16.7. The van der Waals surface area contributed by atoms with Gasteiger partial charge in [-0.1, -0.05) is 27.7 Å². The maximum atomic E-state index is 12.2. The highest BCUT2D eigenvalue weighted by Gasteiger charge is 2.69. The molecule has 0 aromatic heterocycles. The molecule has 0 unspecified atom stereocenters. The van der Waals surface area contributed by atoms with E-state index in [0.29, 0.717) is 47.0 Å². The summed E-state index contributed by atoms with van der Waals surface area (Å²) in [5, 5.41) is 0. The summed E-state index contributed by atoms with van der Waals surface area (Å²) < 4.78 is 42.7. The van der Waals surface area contributed by atoms with Crippen LogP contribution in [0.3, 0.4) is 0 Å². The van der Waals surface area contributed by atoms with Crippen molar-refractivity contribution in [2.75, 3.05) is 13.2 Å². The Bertz CT molecular complexity index is 1250. The summed E-state index contributed by atoms with van der Waals surface area (Å²) in [6.07, 6.45) is 7.62. The number of hydrogen-bond acceptors (Lipinski definition) is 10. The molecule has 4 aliphatic carbocycles. The highest BCUT2D eigenvalue weighted by Crippen LogP contribution is 2.71. The summed E-state index contributed by atoms with van der Waals surface area (Å²) in [4.78, 5) is 36.0. The van der Waals surface area contributed by atoms with Crippen molar-refractivity contribution < 1.29 is 47.5 Å². The Balaban J connectivity index is 1.02. The molecule has 48 heavy (non-hydrogen) atoms. The molecule has 0 amide bonds. The molecule has 16 atom stereocenters. The largest absolute Gasteiger partial charge is 0.456 e. The van der Waals surface area contributed by atoms with Crippen molar-refractivity contribution in [3.05, 3.63) is 0 Å². The first-order valence-corrected chi connectivity index (χ1v) is 18.8. The molecule has 3 heterocycles. The Morgan fingerprint density at radius 3 is 2.12 bits per heavy atom. The van der Waals surface area contributed by atoms with Gasteiger partial charge in [-0.2, -0.15) is 0 Å². The predicted molar refractivity (Wildman–Crippen MR) is 173 cm³/mol. The van der Waals surface area contributed by atoms with Gasteiger partial charge in [0.05, 0.1) is 25.4 Å². The summed E-state index contributed by atoms with van der Waals surface area (Å²) in [5.41, 5.74) is 0.554. The molecule has 1 spiro atoms. The molecule has 3 saturated heterocycles. The Kier molecular flexibility index (Phi) is 9.24. The van der Waals surface area contributed by atoms with Gasteiger partial charge >= 0.3 is 17.9 Å². The van der Waals surface area contributed by atoms with Crippen LogP contribution >= 0.6 is 0 Å². The molecular weight excluding hydrogens is 616 g/mol. The fraction of sp³-hybridized carbons (Fsp3) is 0.921. The minimum absolute atomic E-state index is 0.0194. The molecule has 7 rings (SSSR count). The normalized spacial score (nSPS) is 51.2. The molecule has 0 radical (unpaired) electrons. The van der Waals surface area contributed by atoms with E-state index < -0.39 is 42.5 Å². The van der Waals surface area contributed by atoms with Crippen LogP contribution in [0.5, 0.6) is 0 Å². The molecule has 4 saturated carbocycles. The fourth-order valence-electron chi connectivity index (χ4n) is 12.4. The van der Waals surface area contributed by atoms with Crippen LogP contribution in [-0.2, 0) is 47.5 Å². The minimum Gasteiger partial charge on any atom is -0.456 e. The van der Waals surface area contributed by atoms with Crippen molar-refractivity contribution in [1.82, 2.24) is 0 Å². The molecule has 7 aliphatic rings. The van der Waals surface area contributed by atoms with Crippen LogP contribution in [0.1, 0.15) is 113 Å². The van der Waals surface area contributed by atoms with Crippen LogP contribution in [-0.4, -0.2) is 73.7 Å². The van der Waals surface area contributed by atoms with Crippen LogP contribution < -0.4 is 0 Å². The van der Waals surface area contributed by atoms with Crippen molar-refractivity contribution in [1.29, 1.82) is 0 Å². The number of carbonyl (C=O) groups excluding carboxylic acids is 3. The second-order valence-corrected chi connectivity index (χ2v) is 17.2. The molecule has 0 bridgehead atoms. The third-order valence-electron chi connectivity index (χ3n) is 14.5. The standard InChI is InChI=1S/C38H58O10/c1-20-10-15-38(43-18-20)21(2)32-30(48-38)17-29-27-9-8-25-16-26(11-13-36(25,6)28(27)12-14-37(29,32)7)47-35-34(46-24(5)41)33(45-23(4)40)31(19-42-35)44-22(3)39/h20-21,25-35H,8-19H2,1-7H3/t20-,21+,25+,26+,27-,28+,29+,30+,31-,32+,33+,34-,35+,36+,37+,38-/m1/s1. The number of fused-ring (bicyclic) bond motifs is 7. The van der Waals surface area contributed by atoms with Crippen molar-refractivity contribution in [3.63, 3.8) is 0 Å². The zero-order chi connectivity index (χ0) is 34.2. The third-order valence-corrected chi connectivity index (χ3v) is 14.5. The Labute approximate surface area is 285 Å². The van der Waals surface area contributed by atoms with E-state index in [-0.39, 0.29) is 23.9 Å². The summed E-state index contributed by atoms with van der Waals surface area (Å²) in [7, 11) is 0. The maximum absolute atomic E-state index is 12.2. The van der Waals surface area contributed by atoms with E-state index in [1.54, 1.807) is 0 Å². The average molecular weight is 675 g/mol. The monoisotopic (exact) mass is 674 g/mol. The lowest BCUT2D eigenvalue weighted by Crippen LogP contribution is -2.59. The summed E-state index contributed by atoms with van der Waals surface area (Å²) >= 11 is 0. The van der Waals surface area contributed by atoms with E-state index in [4.69, 9.17) is 33.2 Å². The van der Waals surface area contributed by atoms with Crippen LogP contribution in [0.4, 0.5) is 0 Å². The van der Waals surface area contributed by atoms with Gasteiger partial charge in [-0.05, 0) is 104 Å². The number of esters is 3. The fourth-order valence-corrected chi connectivity index (χ4v) is 12.4. The molecule has 0 aromatic carbocycles. The Hall–Kier alpha value is -1.75. The van der Waals surface area contributed by atoms with Crippen molar-refractivity contribution >= 4 is 17.9 Å². The average Bonchev–Trinajstić information content (AvgIpc) is 3.46. The predicted octanol–water partition coefficient (Wildman–Crippen LogP) is 5.97. The van der Waals surface area contributed by atoms with Crippen LogP contribution in [0.15, 0.2) is 0 Å². The summed E-state index contributed by atoms with van der Waals surface area (Å²) in [6, 6.07) is 0. The van der Waals surface area contributed by atoms with E-state index in [1.807, 2.05) is 0 Å². The highest BCUT2D eigenvalue weighted by molar-refractivity contribution is 5.68. The van der Waals surface area contributed by atoms with Gasteiger partial charge < -0.3 is 33.2 Å². The van der Waals surface area contributed by atoms with E-state index in [1.165, 1.54) is 59.3 Å². The van der Waals surface area contributed by atoms with Gasteiger partial charge in [0.15, 0.2) is 30.4 Å². The van der Waals surface area contributed by atoms with E-state index in [9.17, 15) is 14.4 Å². The molecule has 270 valence electrons. The first-order valence-electron chi connectivity index (χ1n) is 18.8. The molecule has 10 nitrogen and oxygen atoms in total. The number of rotatable bonds is 5. The van der Waals surface area contributed by atoms with Crippen molar-refractivity contribution in [2.45, 2.75) is 155 Å². The molecule has 0 N–H and O–H groups in total. The van der Waals surface area contributed by atoms with Gasteiger partial charge in [0.25, 0.3) is 0 Å². The molecule has 0 aromatic rings. The van der Waals surface area contributed by atoms with Crippen LogP contribution in [0.25, 0.3) is 0 Å². The zero-order valence-corrected chi connectivity index (χ0v) is 30.1. The van der Waals surface area contributed by atoms with Gasteiger partial charge in [-0.25, -0.2) is 0 Å². The van der Waals surface area contributed by atoms with Gasteiger partial charge in [0.2, 0.25) is 0 Å². The van der Waals surface area contributed by atoms with Crippen LogP contribution in [0, 0.1) is 52.3 Å². The van der Waals surface area contributed by atoms with Gasteiger partial charge in [0, 0.05) is 33.1 Å². The maximum Gasteiger partial charge on any atom is 0.303 e. The topological polar surface area (TPSA) is 116 Å². The van der Waals surface area contributed by atoms with E-state index >= 15 is 0 Å². The van der Waals surface area contributed by atoms with Crippen LogP contribution in [0.2, 0.25) is 0 Å². The third kappa shape index (κ3) is 5.82. The van der Waals surface area contributed by atoms with Crippen molar-refractivity contribution in [2.24, 2.45) is 52.3 Å². The zero-order valence-electron chi connectivity index (χ0n) is 30.1. The van der Waals surface area contributed by atoms with Gasteiger partial charge in [-0.3, -0.25) is 14.4 Å². The lowest BCUT2D eigenvalue weighted by Gasteiger charge is -2.61. The molecule has 3 aliphatic heterocycles. The number of carbonyl (C=O) groups is 3. The number of ether oxygens (including phenoxy) is 7. The first kappa shape index (κ1) is 34.7. The molecule has 7 fully saturated rings. The van der Waals surface area contributed by atoms with E-state index in [2.05, 4.69) is 27.7 Å². The minimum atomic E-state index is -1.04. The second kappa shape index (κ2) is 12.8.